The number of benzene rings is 3. The molecule has 2 atom stereocenters. The Labute approximate surface area is 196 Å². The van der Waals surface area contributed by atoms with Crippen molar-refractivity contribution in [1.82, 2.24) is 0 Å². The summed E-state index contributed by atoms with van der Waals surface area (Å²) < 4.78 is 16.8. The molecule has 0 N–H and O–H groups in total. The molecule has 1 aliphatic rings. The maximum absolute atomic E-state index is 12.1. The van der Waals surface area contributed by atoms with Crippen LogP contribution in [-0.4, -0.2) is 31.9 Å². The van der Waals surface area contributed by atoms with Crippen LogP contribution in [0.1, 0.15) is 48.4 Å². The van der Waals surface area contributed by atoms with Gasteiger partial charge >= 0.3 is 5.97 Å². The second-order valence-electron chi connectivity index (χ2n) is 8.41. The van der Waals surface area contributed by atoms with E-state index in [0.29, 0.717) is 32.2 Å². The molecular formula is C29H32O4. The monoisotopic (exact) mass is 444 g/mol. The van der Waals surface area contributed by atoms with Gasteiger partial charge in [-0.1, -0.05) is 60.2 Å². The Kier molecular flexibility index (Phi) is 7.46. The number of rotatable bonds is 10. The summed E-state index contributed by atoms with van der Waals surface area (Å²) in [6.07, 6.45) is 0.833. The first kappa shape index (κ1) is 23.1. The summed E-state index contributed by atoms with van der Waals surface area (Å²) in [7, 11) is 0. The van der Waals surface area contributed by atoms with Crippen LogP contribution < -0.4 is 4.74 Å². The molecule has 4 nitrogen and oxygen atoms in total. The molecule has 0 amide bonds. The first-order chi connectivity index (χ1) is 16.1. The lowest BCUT2D eigenvalue weighted by molar-refractivity contribution is -0.156. The Bertz CT molecular complexity index is 1090. The van der Waals surface area contributed by atoms with Crippen LogP contribution in [0.15, 0.2) is 66.7 Å². The molecule has 0 heterocycles. The quantitative estimate of drug-likeness (QED) is 0.355. The Morgan fingerprint density at radius 1 is 0.909 bits per heavy atom. The fraction of sp³-hybridized carbons (Fsp3) is 0.345. The summed E-state index contributed by atoms with van der Waals surface area (Å²) >= 11 is 0. The average Bonchev–Trinajstić information content (AvgIpc) is 3.13. The van der Waals surface area contributed by atoms with Gasteiger partial charge in [-0.2, -0.15) is 0 Å². The first-order valence-electron chi connectivity index (χ1n) is 11.8. The highest BCUT2D eigenvalue weighted by Gasteiger charge is 2.28. The molecule has 3 aromatic carbocycles. The molecular weight excluding hydrogens is 412 g/mol. The maximum Gasteiger partial charge on any atom is 0.335 e. The smallest absolute Gasteiger partial charge is 0.335 e. The Morgan fingerprint density at radius 2 is 1.67 bits per heavy atom. The van der Waals surface area contributed by atoms with E-state index in [1.807, 2.05) is 31.2 Å². The zero-order chi connectivity index (χ0) is 23.2. The molecule has 0 bridgehead atoms. The van der Waals surface area contributed by atoms with Crippen molar-refractivity contribution in [3.8, 4) is 16.9 Å². The fourth-order valence-corrected chi connectivity index (χ4v) is 4.61. The Morgan fingerprint density at radius 3 is 2.42 bits per heavy atom. The van der Waals surface area contributed by atoms with Crippen molar-refractivity contribution in [3.63, 3.8) is 0 Å². The van der Waals surface area contributed by atoms with Crippen molar-refractivity contribution >= 4 is 5.97 Å². The largest absolute Gasteiger partial charge is 0.494 e. The third kappa shape index (κ3) is 5.28. The molecule has 172 valence electrons. The minimum absolute atomic E-state index is 0.313. The summed E-state index contributed by atoms with van der Waals surface area (Å²) in [5.41, 5.74) is 7.78. The highest BCUT2D eigenvalue weighted by Crippen LogP contribution is 2.46. The van der Waals surface area contributed by atoms with Crippen molar-refractivity contribution in [3.05, 3.63) is 89.0 Å². The molecule has 0 spiro atoms. The van der Waals surface area contributed by atoms with Crippen LogP contribution in [0.3, 0.4) is 0 Å². The zero-order valence-corrected chi connectivity index (χ0v) is 19.7. The van der Waals surface area contributed by atoms with Gasteiger partial charge in [0.2, 0.25) is 0 Å². The molecule has 3 aromatic rings. The van der Waals surface area contributed by atoms with Gasteiger partial charge in [0.15, 0.2) is 6.10 Å². The van der Waals surface area contributed by atoms with Gasteiger partial charge < -0.3 is 14.2 Å². The number of hydrogen-bond acceptors (Lipinski definition) is 4. The number of fused-ring (bicyclic) bond motifs is 3. The first-order valence-corrected chi connectivity index (χ1v) is 11.8. The number of esters is 1. The van der Waals surface area contributed by atoms with Crippen LogP contribution >= 0.6 is 0 Å². The van der Waals surface area contributed by atoms with Crippen LogP contribution in [0, 0.1) is 6.92 Å². The molecule has 0 saturated heterocycles. The molecule has 0 saturated carbocycles. The van der Waals surface area contributed by atoms with Gasteiger partial charge in [-0.05, 0) is 67.1 Å². The summed E-state index contributed by atoms with van der Waals surface area (Å²) in [6, 6.07) is 23.4. The van der Waals surface area contributed by atoms with Crippen molar-refractivity contribution in [2.75, 3.05) is 19.8 Å². The number of aryl methyl sites for hydroxylation is 1. The van der Waals surface area contributed by atoms with Crippen molar-refractivity contribution in [2.24, 2.45) is 0 Å². The number of ether oxygens (including phenoxy) is 3. The van der Waals surface area contributed by atoms with E-state index in [1.54, 1.807) is 6.92 Å². The SMILES string of the molecule is CCOC(=O)C(Cc1ccc(OCCC2c3ccccc3-c3cc(C)ccc32)cc1)OCC. The van der Waals surface area contributed by atoms with Crippen LogP contribution in [0.5, 0.6) is 5.75 Å². The third-order valence-corrected chi connectivity index (χ3v) is 6.15. The van der Waals surface area contributed by atoms with Crippen LogP contribution in [-0.2, 0) is 20.7 Å². The highest BCUT2D eigenvalue weighted by atomic mass is 16.6. The normalized spacial score (nSPS) is 14.9. The van der Waals surface area contributed by atoms with Crippen molar-refractivity contribution in [2.45, 2.75) is 45.6 Å². The van der Waals surface area contributed by atoms with Gasteiger partial charge in [0, 0.05) is 18.9 Å². The molecule has 0 fully saturated rings. The van der Waals surface area contributed by atoms with Crippen LogP contribution in [0.2, 0.25) is 0 Å². The lowest BCUT2D eigenvalue weighted by Gasteiger charge is -2.16. The Balaban J connectivity index is 1.37. The highest BCUT2D eigenvalue weighted by molar-refractivity contribution is 5.79. The second-order valence-corrected chi connectivity index (χ2v) is 8.41. The molecule has 4 rings (SSSR count). The lowest BCUT2D eigenvalue weighted by atomic mass is 9.93. The minimum atomic E-state index is -0.576. The third-order valence-electron chi connectivity index (χ3n) is 6.15. The molecule has 4 heteroatoms. The predicted molar refractivity (Wildman–Crippen MR) is 131 cm³/mol. The number of hydrogen-bond donors (Lipinski definition) is 0. The number of carbonyl (C=O) groups is 1. The minimum Gasteiger partial charge on any atom is -0.494 e. The van der Waals surface area contributed by atoms with E-state index in [-0.39, 0.29) is 5.97 Å². The molecule has 2 unspecified atom stereocenters. The maximum atomic E-state index is 12.1. The lowest BCUT2D eigenvalue weighted by Crippen LogP contribution is -2.28. The molecule has 1 aliphatic carbocycles. The summed E-state index contributed by atoms with van der Waals surface area (Å²) in [5.74, 6) is 0.873. The van der Waals surface area contributed by atoms with Crippen molar-refractivity contribution < 1.29 is 19.0 Å². The average molecular weight is 445 g/mol. The zero-order valence-electron chi connectivity index (χ0n) is 19.7. The van der Waals surface area contributed by atoms with Gasteiger partial charge in [-0.25, -0.2) is 4.79 Å². The van der Waals surface area contributed by atoms with Gasteiger partial charge in [-0.3, -0.25) is 0 Å². The molecule has 0 aliphatic heterocycles. The van der Waals surface area contributed by atoms with Crippen LogP contribution in [0.4, 0.5) is 0 Å². The molecule has 0 aromatic heterocycles. The fourth-order valence-electron chi connectivity index (χ4n) is 4.61. The standard InChI is InChI=1S/C29H32O4/c1-4-31-28(29(30)32-5-2)19-21-11-13-22(14-12-21)33-17-16-26-23-8-6-7-9-24(23)27-18-20(3)10-15-25(26)27/h6-15,18,26,28H,4-5,16-17,19H2,1-3H3. The van der Waals surface area contributed by atoms with Gasteiger partial charge in [0.25, 0.3) is 0 Å². The summed E-state index contributed by atoms with van der Waals surface area (Å²) in [4.78, 5) is 12.1. The van der Waals surface area contributed by atoms with E-state index >= 15 is 0 Å². The molecule has 0 radical (unpaired) electrons. The van der Waals surface area contributed by atoms with E-state index in [1.165, 1.54) is 27.8 Å². The number of carbonyl (C=O) groups excluding carboxylic acids is 1. The van der Waals surface area contributed by atoms with Gasteiger partial charge in [0.1, 0.15) is 5.75 Å². The summed E-state index contributed by atoms with van der Waals surface area (Å²) in [5, 5.41) is 0. The summed E-state index contributed by atoms with van der Waals surface area (Å²) in [6.45, 7) is 7.28. The van der Waals surface area contributed by atoms with E-state index in [4.69, 9.17) is 14.2 Å². The van der Waals surface area contributed by atoms with E-state index in [0.717, 1.165) is 17.7 Å². The van der Waals surface area contributed by atoms with E-state index < -0.39 is 6.10 Å². The van der Waals surface area contributed by atoms with Gasteiger partial charge in [0.05, 0.1) is 13.2 Å². The van der Waals surface area contributed by atoms with E-state index in [9.17, 15) is 4.79 Å². The van der Waals surface area contributed by atoms with Gasteiger partial charge in [-0.15, -0.1) is 0 Å². The van der Waals surface area contributed by atoms with Crippen LogP contribution in [0.25, 0.3) is 11.1 Å². The topological polar surface area (TPSA) is 44.8 Å². The second kappa shape index (κ2) is 10.7. The molecule has 33 heavy (non-hydrogen) atoms. The van der Waals surface area contributed by atoms with E-state index in [2.05, 4.69) is 49.4 Å². The Hall–Kier alpha value is -3.11. The van der Waals surface area contributed by atoms with Crippen molar-refractivity contribution in [1.29, 1.82) is 0 Å². The predicted octanol–water partition coefficient (Wildman–Crippen LogP) is 6.09.